The Kier molecular flexibility index (Phi) is 4.71. The maximum Gasteiger partial charge on any atom is 0.264 e. The lowest BCUT2D eigenvalue weighted by atomic mass is 10.1. The third-order valence-electron chi connectivity index (χ3n) is 3.86. The van der Waals surface area contributed by atoms with Gasteiger partial charge in [-0.1, -0.05) is 37.3 Å². The van der Waals surface area contributed by atoms with Gasteiger partial charge in [0.25, 0.3) is 5.91 Å². The summed E-state index contributed by atoms with van der Waals surface area (Å²) >= 11 is 1.35. The number of thioether (sulfide) groups is 1. The van der Waals surface area contributed by atoms with Crippen LogP contribution < -0.4 is 5.32 Å². The number of hydrogen-bond donors (Lipinski definition) is 2. The first-order chi connectivity index (χ1) is 11.6. The lowest BCUT2D eigenvalue weighted by Gasteiger charge is -2.04. The topological polar surface area (TPSA) is 61.7 Å². The second-order valence-electron chi connectivity index (χ2n) is 5.46. The molecule has 2 N–H and O–H groups in total. The van der Waals surface area contributed by atoms with E-state index >= 15 is 0 Å². The van der Waals surface area contributed by atoms with E-state index in [1.807, 2.05) is 31.2 Å². The molecule has 0 spiro atoms. The molecule has 4 nitrogen and oxygen atoms in total. The molecular weight excluding hydrogens is 320 g/mol. The zero-order chi connectivity index (χ0) is 17.1. The molecule has 0 atom stereocenters. The van der Waals surface area contributed by atoms with Crippen LogP contribution in [0.5, 0.6) is 5.75 Å². The number of aryl methyl sites for hydroxylation is 1. The Morgan fingerprint density at radius 2 is 1.88 bits per heavy atom. The van der Waals surface area contributed by atoms with E-state index in [0.29, 0.717) is 10.1 Å². The van der Waals surface area contributed by atoms with Crippen LogP contribution in [0.3, 0.4) is 0 Å². The minimum absolute atomic E-state index is 0.140. The molecule has 3 rings (SSSR count). The molecule has 122 valence electrons. The summed E-state index contributed by atoms with van der Waals surface area (Å²) in [4.78, 5) is 17.5. The molecule has 0 radical (unpaired) electrons. The number of hydrogen-bond acceptors (Lipinski definition) is 4. The maximum atomic E-state index is 12.3. The molecule has 1 fully saturated rings. The molecule has 5 heteroatoms. The lowest BCUT2D eigenvalue weighted by molar-refractivity contribution is -0.115. The van der Waals surface area contributed by atoms with Crippen molar-refractivity contribution in [3.8, 4) is 5.75 Å². The van der Waals surface area contributed by atoms with Crippen molar-refractivity contribution in [3.05, 3.63) is 64.6 Å². The zero-order valence-electron chi connectivity index (χ0n) is 13.5. The van der Waals surface area contributed by atoms with Gasteiger partial charge in [0, 0.05) is 0 Å². The highest BCUT2D eigenvalue weighted by molar-refractivity contribution is 8.18. The van der Waals surface area contributed by atoms with E-state index in [0.717, 1.165) is 28.8 Å². The minimum atomic E-state index is -0.140. The van der Waals surface area contributed by atoms with Gasteiger partial charge in [-0.2, -0.15) is 0 Å². The van der Waals surface area contributed by atoms with Gasteiger partial charge in [0.15, 0.2) is 5.17 Å². The number of nitrogens with zero attached hydrogens (tertiary/aromatic N) is 1. The van der Waals surface area contributed by atoms with Crippen LogP contribution in [-0.2, 0) is 11.2 Å². The SMILES string of the molecule is CCc1ccccc1N=C1NC(=O)/C(=C(\C)c2ccc(O)cc2)S1. The highest BCUT2D eigenvalue weighted by Gasteiger charge is 2.26. The Morgan fingerprint density at radius 1 is 1.17 bits per heavy atom. The molecule has 0 bridgehead atoms. The molecule has 0 aromatic heterocycles. The van der Waals surface area contributed by atoms with Crippen LogP contribution in [0, 0.1) is 0 Å². The third kappa shape index (κ3) is 3.36. The summed E-state index contributed by atoms with van der Waals surface area (Å²) in [5.74, 6) is 0.0665. The zero-order valence-corrected chi connectivity index (χ0v) is 14.4. The van der Waals surface area contributed by atoms with Crippen molar-refractivity contribution in [1.82, 2.24) is 5.32 Å². The first kappa shape index (κ1) is 16.3. The van der Waals surface area contributed by atoms with Crippen LogP contribution in [0.4, 0.5) is 5.69 Å². The van der Waals surface area contributed by atoms with Gasteiger partial charge in [0.2, 0.25) is 0 Å². The number of para-hydroxylation sites is 1. The van der Waals surface area contributed by atoms with E-state index in [2.05, 4.69) is 17.2 Å². The number of phenolic OH excluding ortho intramolecular Hbond substituents is 1. The van der Waals surface area contributed by atoms with Gasteiger partial charge in [-0.25, -0.2) is 4.99 Å². The smallest absolute Gasteiger partial charge is 0.264 e. The molecule has 1 saturated heterocycles. The van der Waals surface area contributed by atoms with Crippen LogP contribution in [0.2, 0.25) is 0 Å². The normalized spacial score (nSPS) is 17.9. The van der Waals surface area contributed by atoms with Gasteiger partial charge in [0.05, 0.1) is 10.6 Å². The Bertz CT molecular complexity index is 839. The Hall–Kier alpha value is -2.53. The number of nitrogens with one attached hydrogen (secondary N) is 1. The number of phenols is 1. The van der Waals surface area contributed by atoms with E-state index in [1.165, 1.54) is 11.8 Å². The van der Waals surface area contributed by atoms with E-state index in [9.17, 15) is 9.90 Å². The summed E-state index contributed by atoms with van der Waals surface area (Å²) < 4.78 is 0. The maximum absolute atomic E-state index is 12.3. The van der Waals surface area contributed by atoms with Gasteiger partial charge in [0.1, 0.15) is 5.75 Å². The molecule has 1 heterocycles. The van der Waals surface area contributed by atoms with Crippen molar-refractivity contribution in [3.63, 3.8) is 0 Å². The van der Waals surface area contributed by atoms with Crippen LogP contribution in [0.15, 0.2) is 58.4 Å². The Balaban J connectivity index is 1.92. The van der Waals surface area contributed by atoms with Gasteiger partial charge in [-0.05, 0) is 60.0 Å². The van der Waals surface area contributed by atoms with Crippen molar-refractivity contribution in [2.45, 2.75) is 20.3 Å². The second-order valence-corrected chi connectivity index (χ2v) is 6.46. The van der Waals surface area contributed by atoms with Gasteiger partial charge in [-0.3, -0.25) is 4.79 Å². The fraction of sp³-hybridized carbons (Fsp3) is 0.158. The molecule has 1 aliphatic rings. The minimum Gasteiger partial charge on any atom is -0.508 e. The molecule has 0 unspecified atom stereocenters. The molecule has 1 aliphatic heterocycles. The van der Waals surface area contributed by atoms with Crippen LogP contribution >= 0.6 is 11.8 Å². The number of aliphatic imine (C=N–C) groups is 1. The summed E-state index contributed by atoms with van der Waals surface area (Å²) in [6.45, 7) is 3.98. The van der Waals surface area contributed by atoms with E-state index in [-0.39, 0.29) is 11.7 Å². The van der Waals surface area contributed by atoms with E-state index < -0.39 is 0 Å². The predicted molar refractivity (Wildman–Crippen MR) is 99.3 cm³/mol. The molecule has 0 saturated carbocycles. The summed E-state index contributed by atoms with van der Waals surface area (Å²) in [5, 5.41) is 12.8. The first-order valence-electron chi connectivity index (χ1n) is 7.74. The van der Waals surface area contributed by atoms with Gasteiger partial charge < -0.3 is 10.4 Å². The quantitative estimate of drug-likeness (QED) is 0.823. The number of aromatic hydroxyl groups is 1. The number of amidine groups is 1. The number of amides is 1. The van der Waals surface area contributed by atoms with Gasteiger partial charge >= 0.3 is 0 Å². The van der Waals surface area contributed by atoms with Crippen molar-refractivity contribution in [1.29, 1.82) is 0 Å². The third-order valence-corrected chi connectivity index (χ3v) is 4.94. The fourth-order valence-electron chi connectivity index (χ4n) is 2.49. The summed E-state index contributed by atoms with van der Waals surface area (Å²) in [7, 11) is 0. The molecule has 2 aromatic rings. The first-order valence-corrected chi connectivity index (χ1v) is 8.56. The number of benzene rings is 2. The van der Waals surface area contributed by atoms with Gasteiger partial charge in [-0.15, -0.1) is 0 Å². The number of carbonyl (C=O) groups is 1. The molecular formula is C19H18N2O2S. The fourth-order valence-corrected chi connectivity index (χ4v) is 3.39. The van der Waals surface area contributed by atoms with Crippen molar-refractivity contribution in [2.75, 3.05) is 0 Å². The lowest BCUT2D eigenvalue weighted by Crippen LogP contribution is -2.19. The highest BCUT2D eigenvalue weighted by atomic mass is 32.2. The summed E-state index contributed by atoms with van der Waals surface area (Å²) in [5.41, 5.74) is 3.80. The average molecular weight is 338 g/mol. The summed E-state index contributed by atoms with van der Waals surface area (Å²) in [6.07, 6.45) is 0.890. The molecule has 1 amide bonds. The predicted octanol–water partition coefficient (Wildman–Crippen LogP) is 4.24. The van der Waals surface area contributed by atoms with Crippen LogP contribution in [-0.4, -0.2) is 16.2 Å². The van der Waals surface area contributed by atoms with E-state index in [1.54, 1.807) is 24.3 Å². The van der Waals surface area contributed by atoms with Crippen molar-refractivity contribution in [2.24, 2.45) is 4.99 Å². The number of allylic oxidation sites excluding steroid dienone is 1. The molecule has 24 heavy (non-hydrogen) atoms. The number of rotatable bonds is 3. The largest absolute Gasteiger partial charge is 0.508 e. The van der Waals surface area contributed by atoms with Crippen molar-refractivity contribution < 1.29 is 9.90 Å². The van der Waals surface area contributed by atoms with Crippen molar-refractivity contribution >= 4 is 34.1 Å². The van der Waals surface area contributed by atoms with Crippen LogP contribution in [0.25, 0.3) is 5.57 Å². The Labute approximate surface area is 145 Å². The average Bonchev–Trinajstić information content (AvgIpc) is 2.96. The summed E-state index contributed by atoms with van der Waals surface area (Å²) in [6, 6.07) is 14.8. The molecule has 0 aliphatic carbocycles. The Morgan fingerprint density at radius 3 is 2.58 bits per heavy atom. The molecule has 2 aromatic carbocycles. The number of carbonyl (C=O) groups excluding carboxylic acids is 1. The highest BCUT2D eigenvalue weighted by Crippen LogP contribution is 2.33. The standard InChI is InChI=1S/C19H18N2O2S/c1-3-13-6-4-5-7-16(13)20-19-21-18(23)17(24-19)12(2)14-8-10-15(22)11-9-14/h4-11,22H,3H2,1-2H3,(H,20,21,23)/b17-12-. The second kappa shape index (κ2) is 6.93. The van der Waals surface area contributed by atoms with Crippen LogP contribution in [0.1, 0.15) is 25.0 Å². The monoisotopic (exact) mass is 338 g/mol. The van der Waals surface area contributed by atoms with E-state index in [4.69, 9.17) is 0 Å².